The fourth-order valence-electron chi connectivity index (χ4n) is 2.42. The first-order valence-corrected chi connectivity index (χ1v) is 8.08. The number of carbonyl (C=O) groups is 1. The van der Waals surface area contributed by atoms with Gasteiger partial charge >= 0.3 is 0 Å². The Morgan fingerprint density at radius 1 is 0.960 bits per heavy atom. The van der Waals surface area contributed by atoms with E-state index < -0.39 is 0 Å². The topological polar surface area (TPSA) is 58.1 Å². The van der Waals surface area contributed by atoms with E-state index >= 15 is 0 Å². The molecule has 1 N–H and O–H groups in total. The molecule has 0 atom stereocenters. The number of aryl methyl sites for hydroxylation is 1. The number of nitrogens with zero attached hydrogens (tertiary/aromatic N) is 3. The van der Waals surface area contributed by atoms with Crippen LogP contribution in [0.15, 0.2) is 66.7 Å². The van der Waals surface area contributed by atoms with Gasteiger partial charge in [0.1, 0.15) is 0 Å². The van der Waals surface area contributed by atoms with Crippen molar-refractivity contribution >= 4 is 17.4 Å². The summed E-state index contributed by atoms with van der Waals surface area (Å²) >= 11 is 0. The van der Waals surface area contributed by atoms with Crippen LogP contribution >= 0.6 is 0 Å². The number of carbonyl (C=O) groups excluding carboxylic acids is 1. The average molecular weight is 332 g/mol. The molecule has 1 aromatic heterocycles. The SMILES string of the molecule is Cc1ccc(Nc2ccc(C(=O)N(C)Cc3ccccc3)nn2)cc1. The maximum Gasteiger partial charge on any atom is 0.274 e. The van der Waals surface area contributed by atoms with Crippen LogP contribution < -0.4 is 5.32 Å². The molecule has 0 unspecified atom stereocenters. The van der Waals surface area contributed by atoms with Crippen molar-refractivity contribution in [2.24, 2.45) is 0 Å². The quantitative estimate of drug-likeness (QED) is 0.772. The number of aromatic nitrogens is 2. The van der Waals surface area contributed by atoms with Crippen molar-refractivity contribution in [1.29, 1.82) is 0 Å². The van der Waals surface area contributed by atoms with Crippen LogP contribution in [0.1, 0.15) is 21.6 Å². The van der Waals surface area contributed by atoms with Crippen molar-refractivity contribution in [1.82, 2.24) is 15.1 Å². The van der Waals surface area contributed by atoms with Crippen LogP contribution in [0, 0.1) is 6.92 Å². The molecule has 5 heteroatoms. The van der Waals surface area contributed by atoms with Gasteiger partial charge in [-0.2, -0.15) is 0 Å². The standard InChI is InChI=1S/C20H20N4O/c1-15-8-10-17(11-9-15)21-19-13-12-18(22-23-19)20(25)24(2)14-16-6-4-3-5-7-16/h3-13H,14H2,1-2H3,(H,21,23). The van der Waals surface area contributed by atoms with E-state index in [0.717, 1.165) is 11.3 Å². The van der Waals surface area contributed by atoms with Gasteiger partial charge in [0, 0.05) is 19.3 Å². The summed E-state index contributed by atoms with van der Waals surface area (Å²) in [5.41, 5.74) is 3.52. The Morgan fingerprint density at radius 3 is 2.32 bits per heavy atom. The monoisotopic (exact) mass is 332 g/mol. The first kappa shape index (κ1) is 16.6. The highest BCUT2D eigenvalue weighted by Crippen LogP contribution is 2.15. The van der Waals surface area contributed by atoms with Gasteiger partial charge < -0.3 is 10.2 Å². The first-order chi connectivity index (χ1) is 12.1. The van der Waals surface area contributed by atoms with E-state index in [4.69, 9.17) is 0 Å². The van der Waals surface area contributed by atoms with Crippen LogP contribution in [-0.2, 0) is 6.54 Å². The van der Waals surface area contributed by atoms with Crippen LogP contribution in [0.4, 0.5) is 11.5 Å². The molecule has 0 saturated heterocycles. The Labute approximate surface area is 147 Å². The average Bonchev–Trinajstić information content (AvgIpc) is 2.64. The molecule has 0 aliphatic heterocycles. The predicted molar refractivity (Wildman–Crippen MR) is 98.7 cm³/mol. The summed E-state index contributed by atoms with van der Waals surface area (Å²) in [6, 6.07) is 21.3. The zero-order valence-corrected chi connectivity index (χ0v) is 14.3. The molecule has 0 radical (unpaired) electrons. The lowest BCUT2D eigenvalue weighted by Gasteiger charge is -2.16. The van der Waals surface area contributed by atoms with Crippen molar-refractivity contribution in [2.75, 3.05) is 12.4 Å². The molecule has 0 fully saturated rings. The van der Waals surface area contributed by atoms with Crippen molar-refractivity contribution in [3.8, 4) is 0 Å². The highest BCUT2D eigenvalue weighted by molar-refractivity contribution is 5.92. The number of amides is 1. The van der Waals surface area contributed by atoms with Gasteiger partial charge in [0.25, 0.3) is 5.91 Å². The van der Waals surface area contributed by atoms with E-state index in [1.165, 1.54) is 5.56 Å². The predicted octanol–water partition coefficient (Wildman–Crippen LogP) is 3.80. The minimum absolute atomic E-state index is 0.154. The third kappa shape index (κ3) is 4.41. The zero-order chi connectivity index (χ0) is 17.6. The molecular formula is C20H20N4O. The molecule has 2 aromatic carbocycles. The van der Waals surface area contributed by atoms with Gasteiger partial charge in [-0.15, -0.1) is 10.2 Å². The molecule has 0 aliphatic rings. The molecule has 126 valence electrons. The molecule has 0 spiro atoms. The van der Waals surface area contributed by atoms with Crippen molar-refractivity contribution in [3.63, 3.8) is 0 Å². The fraction of sp³-hybridized carbons (Fsp3) is 0.150. The van der Waals surface area contributed by atoms with Gasteiger partial charge in [-0.25, -0.2) is 0 Å². The summed E-state index contributed by atoms with van der Waals surface area (Å²) in [5.74, 6) is 0.448. The smallest absolute Gasteiger partial charge is 0.274 e. The Morgan fingerprint density at radius 2 is 1.68 bits per heavy atom. The fourth-order valence-corrected chi connectivity index (χ4v) is 2.42. The number of nitrogens with one attached hydrogen (secondary N) is 1. The summed E-state index contributed by atoms with van der Waals surface area (Å²) in [6.07, 6.45) is 0. The van der Waals surface area contributed by atoms with Crippen molar-refractivity contribution < 1.29 is 4.79 Å². The lowest BCUT2D eigenvalue weighted by atomic mass is 10.2. The Bertz CT molecular complexity index is 830. The van der Waals surface area contributed by atoms with Crippen LogP contribution in [0.3, 0.4) is 0 Å². The molecule has 3 rings (SSSR count). The van der Waals surface area contributed by atoms with E-state index in [2.05, 4.69) is 15.5 Å². The maximum absolute atomic E-state index is 12.5. The van der Waals surface area contributed by atoms with Crippen molar-refractivity contribution in [2.45, 2.75) is 13.5 Å². The van der Waals surface area contributed by atoms with Gasteiger partial charge in [0.2, 0.25) is 0 Å². The number of anilines is 2. The summed E-state index contributed by atoms with van der Waals surface area (Å²) < 4.78 is 0. The third-order valence-corrected chi connectivity index (χ3v) is 3.82. The van der Waals surface area contributed by atoms with Gasteiger partial charge in [-0.05, 0) is 36.8 Å². The second kappa shape index (κ2) is 7.57. The highest BCUT2D eigenvalue weighted by Gasteiger charge is 2.14. The minimum Gasteiger partial charge on any atom is -0.339 e. The highest BCUT2D eigenvalue weighted by atomic mass is 16.2. The molecule has 1 heterocycles. The van der Waals surface area contributed by atoms with Gasteiger partial charge in [-0.3, -0.25) is 4.79 Å². The molecule has 0 saturated carbocycles. The lowest BCUT2D eigenvalue weighted by Crippen LogP contribution is -2.27. The largest absolute Gasteiger partial charge is 0.339 e. The Balaban J connectivity index is 1.64. The lowest BCUT2D eigenvalue weighted by molar-refractivity contribution is 0.0778. The number of hydrogen-bond acceptors (Lipinski definition) is 4. The first-order valence-electron chi connectivity index (χ1n) is 8.08. The Kier molecular flexibility index (Phi) is 5.04. The number of hydrogen-bond donors (Lipinski definition) is 1. The normalized spacial score (nSPS) is 10.3. The van der Waals surface area contributed by atoms with E-state index in [0.29, 0.717) is 18.1 Å². The second-order valence-corrected chi connectivity index (χ2v) is 5.94. The van der Waals surface area contributed by atoms with Gasteiger partial charge in [-0.1, -0.05) is 48.0 Å². The molecule has 5 nitrogen and oxygen atoms in total. The third-order valence-electron chi connectivity index (χ3n) is 3.82. The van der Waals surface area contributed by atoms with Gasteiger partial charge in [0.05, 0.1) is 0 Å². The molecule has 3 aromatic rings. The zero-order valence-electron chi connectivity index (χ0n) is 14.3. The molecular weight excluding hydrogens is 312 g/mol. The van der Waals surface area contributed by atoms with Crippen LogP contribution in [0.5, 0.6) is 0 Å². The number of benzene rings is 2. The molecule has 0 bridgehead atoms. The summed E-state index contributed by atoms with van der Waals surface area (Å²) in [4.78, 5) is 14.1. The summed E-state index contributed by atoms with van der Waals surface area (Å²) in [5, 5.41) is 11.3. The number of rotatable bonds is 5. The van der Waals surface area contributed by atoms with E-state index in [-0.39, 0.29) is 5.91 Å². The molecule has 25 heavy (non-hydrogen) atoms. The van der Waals surface area contributed by atoms with E-state index in [9.17, 15) is 4.79 Å². The Hall–Kier alpha value is -3.21. The minimum atomic E-state index is -0.154. The summed E-state index contributed by atoms with van der Waals surface area (Å²) in [6.45, 7) is 2.57. The second-order valence-electron chi connectivity index (χ2n) is 5.94. The molecule has 0 aliphatic carbocycles. The van der Waals surface area contributed by atoms with E-state index in [1.54, 1.807) is 24.1 Å². The summed E-state index contributed by atoms with van der Waals surface area (Å²) in [7, 11) is 1.76. The maximum atomic E-state index is 12.5. The van der Waals surface area contributed by atoms with E-state index in [1.807, 2.05) is 61.5 Å². The van der Waals surface area contributed by atoms with Crippen molar-refractivity contribution in [3.05, 3.63) is 83.6 Å². The van der Waals surface area contributed by atoms with Gasteiger partial charge in [0.15, 0.2) is 11.5 Å². The molecule has 1 amide bonds. The van der Waals surface area contributed by atoms with Crippen LogP contribution in [0.25, 0.3) is 0 Å². The van der Waals surface area contributed by atoms with Crippen LogP contribution in [-0.4, -0.2) is 28.1 Å². The van der Waals surface area contributed by atoms with Crippen LogP contribution in [0.2, 0.25) is 0 Å².